The van der Waals surface area contributed by atoms with Crippen LogP contribution in [0.2, 0.25) is 0 Å². The standard InChI is InChI=1S/C16H15FO4/c1-20-9-11-3-2-4-14(7-11)21-10-13-8-12(16(18)19)5-6-15(13)17/h2-8H,9-10H2,1H3,(H,18,19). The normalized spacial score (nSPS) is 10.4. The summed E-state index contributed by atoms with van der Waals surface area (Å²) in [5.74, 6) is -1.02. The first kappa shape index (κ1) is 15.0. The first-order valence-corrected chi connectivity index (χ1v) is 6.32. The molecule has 0 fully saturated rings. The second kappa shape index (κ2) is 6.85. The molecule has 0 atom stereocenters. The monoisotopic (exact) mass is 290 g/mol. The predicted octanol–water partition coefficient (Wildman–Crippen LogP) is 3.25. The van der Waals surface area contributed by atoms with Gasteiger partial charge in [0.05, 0.1) is 12.2 Å². The molecule has 0 aliphatic rings. The van der Waals surface area contributed by atoms with Gasteiger partial charge in [0.1, 0.15) is 18.2 Å². The zero-order valence-electron chi connectivity index (χ0n) is 11.5. The van der Waals surface area contributed by atoms with E-state index in [1.807, 2.05) is 12.1 Å². The number of carboxylic acids is 1. The second-order valence-electron chi connectivity index (χ2n) is 4.48. The van der Waals surface area contributed by atoms with E-state index >= 15 is 0 Å². The Hall–Kier alpha value is -2.40. The molecule has 0 aliphatic heterocycles. The maximum Gasteiger partial charge on any atom is 0.335 e. The van der Waals surface area contributed by atoms with Gasteiger partial charge in [0.2, 0.25) is 0 Å². The van der Waals surface area contributed by atoms with Gasteiger partial charge in [0.25, 0.3) is 0 Å². The fraction of sp³-hybridized carbons (Fsp3) is 0.188. The largest absolute Gasteiger partial charge is 0.489 e. The molecule has 0 amide bonds. The molecule has 0 unspecified atom stereocenters. The molecule has 2 aromatic rings. The molecule has 0 bridgehead atoms. The molecule has 1 N–H and O–H groups in total. The third-order valence-corrected chi connectivity index (χ3v) is 2.90. The minimum Gasteiger partial charge on any atom is -0.489 e. The quantitative estimate of drug-likeness (QED) is 0.887. The van der Waals surface area contributed by atoms with Crippen LogP contribution in [0, 0.1) is 5.82 Å². The lowest BCUT2D eigenvalue weighted by Crippen LogP contribution is -2.03. The van der Waals surface area contributed by atoms with Crippen LogP contribution in [0.15, 0.2) is 42.5 Å². The van der Waals surface area contributed by atoms with E-state index in [1.165, 1.54) is 12.1 Å². The van der Waals surface area contributed by atoms with Crippen molar-refractivity contribution in [3.63, 3.8) is 0 Å². The van der Waals surface area contributed by atoms with Crippen LogP contribution in [0.1, 0.15) is 21.5 Å². The summed E-state index contributed by atoms with van der Waals surface area (Å²) in [6.07, 6.45) is 0. The number of ether oxygens (including phenoxy) is 2. The van der Waals surface area contributed by atoms with Crippen molar-refractivity contribution >= 4 is 5.97 Å². The molecule has 0 radical (unpaired) electrons. The van der Waals surface area contributed by atoms with Crippen molar-refractivity contribution in [1.29, 1.82) is 0 Å². The number of hydrogen-bond acceptors (Lipinski definition) is 3. The third-order valence-electron chi connectivity index (χ3n) is 2.90. The highest BCUT2D eigenvalue weighted by Gasteiger charge is 2.09. The van der Waals surface area contributed by atoms with E-state index in [4.69, 9.17) is 14.6 Å². The van der Waals surface area contributed by atoms with Crippen molar-refractivity contribution in [2.24, 2.45) is 0 Å². The number of benzene rings is 2. The molecular formula is C16H15FO4. The van der Waals surface area contributed by atoms with Gasteiger partial charge < -0.3 is 14.6 Å². The maximum atomic E-state index is 13.6. The fourth-order valence-electron chi connectivity index (χ4n) is 1.87. The molecule has 2 aromatic carbocycles. The van der Waals surface area contributed by atoms with Crippen LogP contribution in [0.25, 0.3) is 0 Å². The SMILES string of the molecule is COCc1cccc(OCc2cc(C(=O)O)ccc2F)c1. The lowest BCUT2D eigenvalue weighted by molar-refractivity contribution is 0.0696. The maximum absolute atomic E-state index is 13.6. The number of carboxylic acid groups (broad SMARTS) is 1. The van der Waals surface area contributed by atoms with E-state index in [2.05, 4.69) is 0 Å². The molecule has 0 aromatic heterocycles. The summed E-state index contributed by atoms with van der Waals surface area (Å²) in [5, 5.41) is 8.90. The van der Waals surface area contributed by atoms with Crippen LogP contribution in [0.5, 0.6) is 5.75 Å². The Kier molecular flexibility index (Phi) is 4.90. The molecule has 0 saturated carbocycles. The van der Waals surface area contributed by atoms with Crippen molar-refractivity contribution < 1.29 is 23.8 Å². The summed E-state index contributed by atoms with van der Waals surface area (Å²) in [7, 11) is 1.60. The average molecular weight is 290 g/mol. The summed E-state index contributed by atoms with van der Waals surface area (Å²) in [5.41, 5.74) is 1.17. The lowest BCUT2D eigenvalue weighted by atomic mass is 10.1. The topological polar surface area (TPSA) is 55.8 Å². The van der Waals surface area contributed by atoms with Gasteiger partial charge in [-0.2, -0.15) is 0 Å². The summed E-state index contributed by atoms with van der Waals surface area (Å²) in [4.78, 5) is 10.9. The minimum absolute atomic E-state index is 0.0307. The fourth-order valence-corrected chi connectivity index (χ4v) is 1.87. The predicted molar refractivity (Wildman–Crippen MR) is 74.8 cm³/mol. The highest BCUT2D eigenvalue weighted by molar-refractivity contribution is 5.87. The minimum atomic E-state index is -1.10. The van der Waals surface area contributed by atoms with Gasteiger partial charge in [-0.15, -0.1) is 0 Å². The summed E-state index contributed by atoms with van der Waals surface area (Å²) >= 11 is 0. The number of aromatic carboxylic acids is 1. The molecule has 0 aliphatic carbocycles. The van der Waals surface area contributed by atoms with Gasteiger partial charge in [-0.1, -0.05) is 12.1 Å². The Morgan fingerprint density at radius 2 is 2.00 bits per heavy atom. The highest BCUT2D eigenvalue weighted by Crippen LogP contribution is 2.18. The number of carbonyl (C=O) groups is 1. The van der Waals surface area contributed by atoms with Crippen LogP contribution in [-0.4, -0.2) is 18.2 Å². The first-order valence-electron chi connectivity index (χ1n) is 6.32. The summed E-state index contributed by atoms with van der Waals surface area (Å²) in [6.45, 7) is 0.420. The van der Waals surface area contributed by atoms with Crippen LogP contribution < -0.4 is 4.74 Å². The second-order valence-corrected chi connectivity index (χ2v) is 4.48. The number of rotatable bonds is 6. The lowest BCUT2D eigenvalue weighted by Gasteiger charge is -2.09. The Labute approximate surface area is 121 Å². The van der Waals surface area contributed by atoms with Crippen LogP contribution in [0.3, 0.4) is 0 Å². The van der Waals surface area contributed by atoms with E-state index in [0.29, 0.717) is 12.4 Å². The van der Waals surface area contributed by atoms with Crippen molar-refractivity contribution in [3.8, 4) is 5.75 Å². The van der Waals surface area contributed by atoms with E-state index in [-0.39, 0.29) is 17.7 Å². The number of hydrogen-bond donors (Lipinski definition) is 1. The van der Waals surface area contributed by atoms with Crippen molar-refractivity contribution in [2.45, 2.75) is 13.2 Å². The van der Waals surface area contributed by atoms with E-state index in [0.717, 1.165) is 11.6 Å². The molecule has 0 heterocycles. The van der Waals surface area contributed by atoms with Crippen LogP contribution in [0.4, 0.5) is 4.39 Å². The molecule has 0 saturated heterocycles. The van der Waals surface area contributed by atoms with Gasteiger partial charge >= 0.3 is 5.97 Å². The van der Waals surface area contributed by atoms with Crippen LogP contribution >= 0.6 is 0 Å². The average Bonchev–Trinajstić information content (AvgIpc) is 2.47. The van der Waals surface area contributed by atoms with Gasteiger partial charge in [-0.3, -0.25) is 0 Å². The van der Waals surface area contributed by atoms with Crippen molar-refractivity contribution in [1.82, 2.24) is 0 Å². The zero-order chi connectivity index (χ0) is 15.2. The number of halogens is 1. The molecule has 21 heavy (non-hydrogen) atoms. The Balaban J connectivity index is 2.10. The van der Waals surface area contributed by atoms with Gasteiger partial charge in [0, 0.05) is 12.7 Å². The number of methoxy groups -OCH3 is 1. The third kappa shape index (κ3) is 4.03. The van der Waals surface area contributed by atoms with E-state index in [1.54, 1.807) is 19.2 Å². The van der Waals surface area contributed by atoms with Crippen molar-refractivity contribution in [3.05, 3.63) is 65.0 Å². The summed E-state index contributed by atoms with van der Waals surface area (Å²) in [6, 6.07) is 10.9. The van der Waals surface area contributed by atoms with Crippen LogP contribution in [-0.2, 0) is 18.0 Å². The summed E-state index contributed by atoms with van der Waals surface area (Å²) < 4.78 is 24.2. The molecule has 110 valence electrons. The van der Waals surface area contributed by atoms with E-state index < -0.39 is 11.8 Å². The molecular weight excluding hydrogens is 275 g/mol. The molecule has 5 heteroatoms. The molecule has 0 spiro atoms. The smallest absolute Gasteiger partial charge is 0.335 e. The van der Waals surface area contributed by atoms with Gasteiger partial charge in [0.15, 0.2) is 0 Å². The van der Waals surface area contributed by atoms with Crippen molar-refractivity contribution in [2.75, 3.05) is 7.11 Å². The Morgan fingerprint density at radius 3 is 2.71 bits per heavy atom. The zero-order valence-corrected chi connectivity index (χ0v) is 11.5. The first-order chi connectivity index (χ1) is 10.1. The van der Waals surface area contributed by atoms with Gasteiger partial charge in [-0.05, 0) is 35.9 Å². The van der Waals surface area contributed by atoms with Gasteiger partial charge in [-0.25, -0.2) is 9.18 Å². The Bertz CT molecular complexity index is 640. The molecule has 2 rings (SSSR count). The molecule has 4 nitrogen and oxygen atoms in total. The highest BCUT2D eigenvalue weighted by atomic mass is 19.1. The van der Waals surface area contributed by atoms with E-state index in [9.17, 15) is 9.18 Å². The Morgan fingerprint density at radius 1 is 1.19 bits per heavy atom.